The molecule has 0 atom stereocenters. The number of hydrogen-bond acceptors (Lipinski definition) is 2. The molecule has 0 amide bonds. The van der Waals surface area contributed by atoms with Crippen LogP contribution >= 0.6 is 0 Å². The molecule has 0 bridgehead atoms. The van der Waals surface area contributed by atoms with Crippen LogP contribution in [0.3, 0.4) is 0 Å². The lowest BCUT2D eigenvalue weighted by Crippen LogP contribution is -2.06. The Kier molecular flexibility index (Phi) is 3.29. The number of anilines is 1. The predicted molar refractivity (Wildman–Crippen MR) is 69.8 cm³/mol. The summed E-state index contributed by atoms with van der Waals surface area (Å²) in [6.45, 7) is -0.106. The molecule has 0 radical (unpaired) electrons. The maximum atomic E-state index is 13.5. The molecule has 3 rings (SSSR count). The molecule has 0 unspecified atom stereocenters. The van der Waals surface area contributed by atoms with Crippen LogP contribution in [0, 0.1) is 23.3 Å². The molecule has 0 fully saturated rings. The van der Waals surface area contributed by atoms with E-state index < -0.39 is 29.0 Å². The van der Waals surface area contributed by atoms with Gasteiger partial charge in [-0.15, -0.1) is 0 Å². The highest BCUT2D eigenvalue weighted by atomic mass is 19.2. The molecule has 1 N–H and O–H groups in total. The van der Waals surface area contributed by atoms with Crippen molar-refractivity contribution >= 4 is 16.7 Å². The summed E-state index contributed by atoms with van der Waals surface area (Å²) in [5.41, 5.74) is -0.242. The second-order valence-electron chi connectivity index (χ2n) is 4.45. The molecule has 2 aromatic carbocycles. The van der Waals surface area contributed by atoms with Crippen molar-refractivity contribution in [3.05, 3.63) is 65.4 Å². The molecular formula is C15H9F4NO. The Morgan fingerprint density at radius 3 is 2.24 bits per heavy atom. The van der Waals surface area contributed by atoms with Gasteiger partial charge in [0.1, 0.15) is 17.0 Å². The van der Waals surface area contributed by atoms with Crippen molar-refractivity contribution in [3.63, 3.8) is 0 Å². The third kappa shape index (κ3) is 2.44. The molecule has 2 nitrogen and oxygen atoms in total. The summed E-state index contributed by atoms with van der Waals surface area (Å²) in [6.07, 6.45) is 0. The molecular weight excluding hydrogens is 286 g/mol. The van der Waals surface area contributed by atoms with Crippen LogP contribution < -0.4 is 5.32 Å². The minimum absolute atomic E-state index is 0.106. The van der Waals surface area contributed by atoms with E-state index in [2.05, 4.69) is 5.32 Å². The lowest BCUT2D eigenvalue weighted by molar-refractivity contribution is 0.457. The number of para-hydroxylation sites is 1. The highest BCUT2D eigenvalue weighted by molar-refractivity contribution is 5.77. The Hall–Kier alpha value is -2.50. The molecule has 0 aliphatic rings. The van der Waals surface area contributed by atoms with Crippen LogP contribution in [0.15, 0.2) is 40.8 Å². The van der Waals surface area contributed by atoms with Crippen LogP contribution in [0.1, 0.15) is 5.76 Å². The van der Waals surface area contributed by atoms with Crippen LogP contribution in [0.4, 0.5) is 23.2 Å². The molecule has 0 saturated carbocycles. The van der Waals surface area contributed by atoms with Gasteiger partial charge in [-0.3, -0.25) is 0 Å². The predicted octanol–water partition coefficient (Wildman–Crippen LogP) is 4.60. The third-order valence-electron chi connectivity index (χ3n) is 3.03. The maximum Gasteiger partial charge on any atom is 0.185 e. The summed E-state index contributed by atoms with van der Waals surface area (Å²) in [7, 11) is 0. The molecule has 6 heteroatoms. The first-order valence-electron chi connectivity index (χ1n) is 6.10. The number of furan rings is 1. The number of hydrogen-bond donors (Lipinski definition) is 1. The molecule has 3 aromatic rings. The quantitative estimate of drug-likeness (QED) is 0.564. The van der Waals surface area contributed by atoms with Crippen LogP contribution in [0.5, 0.6) is 0 Å². The highest BCUT2D eigenvalue weighted by Gasteiger charge is 2.19. The summed E-state index contributed by atoms with van der Waals surface area (Å²) in [6, 6.07) is 8.98. The first kappa shape index (κ1) is 13.5. The Labute approximate surface area is 117 Å². The molecule has 1 heterocycles. The van der Waals surface area contributed by atoms with Gasteiger partial charge in [0.25, 0.3) is 0 Å². The monoisotopic (exact) mass is 295 g/mol. The van der Waals surface area contributed by atoms with E-state index in [1.54, 1.807) is 18.2 Å². The Morgan fingerprint density at radius 1 is 0.905 bits per heavy atom. The van der Waals surface area contributed by atoms with Gasteiger partial charge in [0.05, 0.1) is 6.54 Å². The average Bonchev–Trinajstić information content (AvgIpc) is 2.88. The van der Waals surface area contributed by atoms with Gasteiger partial charge >= 0.3 is 0 Å². The van der Waals surface area contributed by atoms with Crippen molar-refractivity contribution < 1.29 is 22.0 Å². The first-order valence-corrected chi connectivity index (χ1v) is 6.10. The molecule has 108 valence electrons. The summed E-state index contributed by atoms with van der Waals surface area (Å²) < 4.78 is 58.5. The molecule has 1 aromatic heterocycles. The van der Waals surface area contributed by atoms with Gasteiger partial charge in [0.15, 0.2) is 23.3 Å². The van der Waals surface area contributed by atoms with Gasteiger partial charge in [-0.05, 0) is 12.1 Å². The van der Waals surface area contributed by atoms with Crippen molar-refractivity contribution in [1.29, 1.82) is 0 Å². The summed E-state index contributed by atoms with van der Waals surface area (Å²) in [5, 5.41) is 3.14. The van der Waals surface area contributed by atoms with Gasteiger partial charge in [-0.25, -0.2) is 17.6 Å². The SMILES string of the molecule is Fc1cc(F)c(F)c(NCc2cc3ccccc3o2)c1F. The number of rotatable bonds is 3. The highest BCUT2D eigenvalue weighted by Crippen LogP contribution is 2.25. The van der Waals surface area contributed by atoms with Crippen molar-refractivity contribution in [2.24, 2.45) is 0 Å². The molecule has 0 aliphatic carbocycles. The molecule has 0 aliphatic heterocycles. The van der Waals surface area contributed by atoms with Gasteiger partial charge in [0.2, 0.25) is 0 Å². The van der Waals surface area contributed by atoms with Crippen LogP contribution in [0.2, 0.25) is 0 Å². The van der Waals surface area contributed by atoms with Crippen LogP contribution in [-0.2, 0) is 6.54 Å². The topological polar surface area (TPSA) is 25.2 Å². The smallest absolute Gasteiger partial charge is 0.185 e. The van der Waals surface area contributed by atoms with Crippen molar-refractivity contribution in [2.45, 2.75) is 6.54 Å². The fourth-order valence-corrected chi connectivity index (χ4v) is 2.03. The molecule has 0 spiro atoms. The van der Waals surface area contributed by atoms with E-state index in [1.165, 1.54) is 0 Å². The van der Waals surface area contributed by atoms with Crippen molar-refractivity contribution in [2.75, 3.05) is 5.32 Å². The van der Waals surface area contributed by atoms with Crippen LogP contribution in [0.25, 0.3) is 11.0 Å². The largest absolute Gasteiger partial charge is 0.459 e. The number of fused-ring (bicyclic) bond motifs is 1. The number of benzene rings is 2. The van der Waals surface area contributed by atoms with Gasteiger partial charge < -0.3 is 9.73 Å². The maximum absolute atomic E-state index is 13.5. The van der Waals surface area contributed by atoms with E-state index >= 15 is 0 Å². The molecule has 21 heavy (non-hydrogen) atoms. The van der Waals surface area contributed by atoms with E-state index in [9.17, 15) is 17.6 Å². The lowest BCUT2D eigenvalue weighted by Gasteiger charge is -2.08. The van der Waals surface area contributed by atoms with E-state index in [1.807, 2.05) is 12.1 Å². The van der Waals surface area contributed by atoms with Crippen molar-refractivity contribution in [3.8, 4) is 0 Å². The standard InChI is InChI=1S/C15H9F4NO/c16-10-6-11(17)14(19)15(13(10)18)20-7-9-5-8-3-1-2-4-12(8)21-9/h1-6,20H,7H2. The lowest BCUT2D eigenvalue weighted by atomic mass is 10.2. The zero-order valence-electron chi connectivity index (χ0n) is 10.6. The Balaban J connectivity index is 1.88. The fourth-order valence-electron chi connectivity index (χ4n) is 2.03. The fraction of sp³-hybridized carbons (Fsp3) is 0.0667. The van der Waals surface area contributed by atoms with E-state index in [0.29, 0.717) is 11.3 Å². The minimum atomic E-state index is -1.47. The number of halogens is 4. The minimum Gasteiger partial charge on any atom is -0.459 e. The van der Waals surface area contributed by atoms with E-state index in [0.717, 1.165) is 5.39 Å². The van der Waals surface area contributed by atoms with E-state index in [-0.39, 0.29) is 12.6 Å². The normalized spacial score (nSPS) is 11.0. The zero-order valence-corrected chi connectivity index (χ0v) is 10.6. The third-order valence-corrected chi connectivity index (χ3v) is 3.03. The summed E-state index contributed by atoms with van der Waals surface area (Å²) >= 11 is 0. The molecule has 0 saturated heterocycles. The Bertz CT molecular complexity index is 754. The summed E-state index contributed by atoms with van der Waals surface area (Å²) in [4.78, 5) is 0. The van der Waals surface area contributed by atoms with E-state index in [4.69, 9.17) is 4.42 Å². The second kappa shape index (κ2) is 5.12. The van der Waals surface area contributed by atoms with Gasteiger partial charge in [0, 0.05) is 11.5 Å². The van der Waals surface area contributed by atoms with Crippen LogP contribution in [-0.4, -0.2) is 0 Å². The second-order valence-corrected chi connectivity index (χ2v) is 4.45. The first-order chi connectivity index (χ1) is 10.1. The average molecular weight is 295 g/mol. The Morgan fingerprint density at radius 2 is 1.57 bits per heavy atom. The van der Waals surface area contributed by atoms with Gasteiger partial charge in [-0.1, -0.05) is 18.2 Å². The zero-order chi connectivity index (χ0) is 15.0. The summed E-state index contributed by atoms with van der Waals surface area (Å²) in [5.74, 6) is -5.46. The van der Waals surface area contributed by atoms with Gasteiger partial charge in [-0.2, -0.15) is 0 Å². The number of nitrogens with one attached hydrogen (secondary N) is 1. The van der Waals surface area contributed by atoms with Crippen molar-refractivity contribution in [1.82, 2.24) is 0 Å².